The molecule has 0 radical (unpaired) electrons. The summed E-state index contributed by atoms with van der Waals surface area (Å²) in [6, 6.07) is 86.4. The molecule has 0 bridgehead atoms. The lowest BCUT2D eigenvalue weighted by Crippen LogP contribution is -2.61. The molecule has 1 spiro atoms. The van der Waals surface area contributed by atoms with Crippen LogP contribution in [-0.4, -0.2) is 37.5 Å². The van der Waals surface area contributed by atoms with E-state index in [9.17, 15) is 4.79 Å². The van der Waals surface area contributed by atoms with Gasteiger partial charge in [-0.05, 0) is 119 Å². The van der Waals surface area contributed by atoms with Crippen LogP contribution in [0.4, 0.5) is 45.5 Å². The van der Waals surface area contributed by atoms with E-state index < -0.39 is 5.72 Å². The molecule has 11 aromatic rings. The van der Waals surface area contributed by atoms with Gasteiger partial charge < -0.3 is 24.3 Å². The maximum Gasteiger partial charge on any atom is 0.228 e. The molecule has 3 aliphatic heterocycles. The molecule has 1 aliphatic carbocycles. The summed E-state index contributed by atoms with van der Waals surface area (Å²) in [7, 11) is 4.17. The van der Waals surface area contributed by atoms with Crippen molar-refractivity contribution in [3.05, 3.63) is 289 Å². The zero-order chi connectivity index (χ0) is 57.3. The van der Waals surface area contributed by atoms with Crippen molar-refractivity contribution in [3.63, 3.8) is 0 Å². The topological polar surface area (TPSA) is 64.0 Å². The minimum atomic E-state index is -0.745. The molecular weight excluding hydrogens is 1030 g/mol. The van der Waals surface area contributed by atoms with E-state index in [1.807, 2.05) is 61.0 Å². The largest absolute Gasteiger partial charge is 0.459 e. The van der Waals surface area contributed by atoms with Crippen LogP contribution in [0.15, 0.2) is 277 Å². The Morgan fingerprint density at radius 2 is 1.02 bits per heavy atom. The number of likely N-dealkylation sites (N-methyl/N-ethyl adjacent to an activating group) is 2. The van der Waals surface area contributed by atoms with Crippen LogP contribution in [0.25, 0.3) is 38.0 Å². The Kier molecular flexibility index (Phi) is 12.5. The maximum absolute atomic E-state index is 13.9. The van der Waals surface area contributed by atoms with Gasteiger partial charge in [-0.15, -0.1) is 0 Å². The fourth-order valence-corrected chi connectivity index (χ4v) is 13.2. The standard InChI is InChI=1S/2C38H31N3O/c1-37(2)32-19-11-12-20-34(32)40(3)38(37)25-39-33-24-35(30-17-9-10-18-31(30)36(33)42-38)41(28-15-5-4-6-16-28)29-22-21-26-13-7-8-14-27(26)23-29;1-38(2)32-19-11-12-20-34(32)40(3)36(38)25-39-33-24-35(30-17-9-10-18-31(30)37(33)42)41(28-15-5-4-6-16-28)29-22-21-26-13-7-8-14-27(26)23-29/h2*4-25H,1-3H3/b;36-25-,39-33?. The van der Waals surface area contributed by atoms with Gasteiger partial charge in [0.2, 0.25) is 11.5 Å². The van der Waals surface area contributed by atoms with Gasteiger partial charge in [0.15, 0.2) is 5.75 Å². The molecule has 0 N–H and O–H groups in total. The van der Waals surface area contributed by atoms with Crippen LogP contribution in [0, 0.1) is 0 Å². The second-order valence-corrected chi connectivity index (χ2v) is 23.1. The van der Waals surface area contributed by atoms with Gasteiger partial charge in [0.1, 0.15) is 11.4 Å². The fourth-order valence-electron chi connectivity index (χ4n) is 13.2. The first-order valence-electron chi connectivity index (χ1n) is 28.7. The summed E-state index contributed by atoms with van der Waals surface area (Å²) in [5.41, 5.74) is 13.5. The average Bonchev–Trinajstić information content (AvgIpc) is 1.83. The van der Waals surface area contributed by atoms with Crippen molar-refractivity contribution in [2.45, 2.75) is 44.2 Å². The molecule has 0 amide bonds. The Bertz CT molecular complexity index is 4560. The summed E-state index contributed by atoms with van der Waals surface area (Å²) >= 11 is 0. The summed E-state index contributed by atoms with van der Waals surface area (Å²) in [4.78, 5) is 32.9. The second kappa shape index (κ2) is 20.3. The monoisotopic (exact) mass is 1090 g/mol. The number of benzene rings is 11. The van der Waals surface area contributed by atoms with Crippen LogP contribution in [0.1, 0.15) is 54.7 Å². The molecule has 1 unspecified atom stereocenters. The van der Waals surface area contributed by atoms with E-state index >= 15 is 0 Å². The van der Waals surface area contributed by atoms with Crippen molar-refractivity contribution in [1.82, 2.24) is 0 Å². The quantitative estimate of drug-likeness (QED) is 0.158. The number of nitrogens with zero attached hydrogens (tertiary/aromatic N) is 6. The van der Waals surface area contributed by atoms with Gasteiger partial charge in [-0.25, -0.2) is 0 Å². The van der Waals surface area contributed by atoms with Gasteiger partial charge in [0.05, 0.1) is 23.0 Å². The smallest absolute Gasteiger partial charge is 0.228 e. The highest BCUT2D eigenvalue weighted by atomic mass is 16.5. The Morgan fingerprint density at radius 3 is 1.67 bits per heavy atom. The van der Waals surface area contributed by atoms with Crippen LogP contribution < -0.4 is 24.3 Å². The van der Waals surface area contributed by atoms with Crippen LogP contribution >= 0.6 is 0 Å². The number of aliphatic imine (C=N–C) groups is 2. The summed E-state index contributed by atoms with van der Waals surface area (Å²) in [6.45, 7) is 8.91. The SMILES string of the molecule is CN1/C(=C\N=C2C=C(N(c3ccccc3)c3ccc4ccccc4c3)c3ccccc3C2=O)C(C)(C)c2ccccc21.CN1c2ccccc2C(C)(C)C12C=Nc1cc(N(c3ccccc3)c3ccc4ccccc4c3)c3ccccc3c1O2. The first-order valence-corrected chi connectivity index (χ1v) is 28.7. The second-order valence-electron chi connectivity index (χ2n) is 23.1. The third-order valence-corrected chi connectivity index (χ3v) is 17.6. The highest BCUT2D eigenvalue weighted by Crippen LogP contribution is 2.56. The predicted octanol–water partition coefficient (Wildman–Crippen LogP) is 18.6. The molecule has 0 saturated carbocycles. The van der Waals surface area contributed by atoms with E-state index in [2.05, 4.69) is 268 Å². The first kappa shape index (κ1) is 51.8. The normalized spacial score (nSPS) is 17.8. The number of anilines is 7. The van der Waals surface area contributed by atoms with Gasteiger partial charge in [0, 0.05) is 87.4 Å². The molecule has 84 heavy (non-hydrogen) atoms. The summed E-state index contributed by atoms with van der Waals surface area (Å²) < 4.78 is 7.17. The summed E-state index contributed by atoms with van der Waals surface area (Å²) in [5, 5.41) is 6.91. The van der Waals surface area contributed by atoms with Crippen molar-refractivity contribution < 1.29 is 9.53 Å². The number of Topliss-reactive ketones (excluding diaryl/α,β-unsaturated/α-hetero) is 1. The molecule has 8 heteroatoms. The number of carbonyl (C=O) groups is 1. The van der Waals surface area contributed by atoms with Crippen LogP contribution in [-0.2, 0) is 10.8 Å². The Hall–Kier alpha value is -10.3. The number of hydrogen-bond acceptors (Lipinski definition) is 8. The molecule has 4 aliphatic rings. The molecule has 3 heterocycles. The minimum Gasteiger partial charge on any atom is -0.459 e. The van der Waals surface area contributed by atoms with E-state index in [0.717, 1.165) is 78.7 Å². The Balaban J connectivity index is 0.000000149. The maximum atomic E-state index is 13.9. The van der Waals surface area contributed by atoms with E-state index in [-0.39, 0.29) is 16.6 Å². The van der Waals surface area contributed by atoms with Crippen molar-refractivity contribution >= 4 is 101 Å². The fraction of sp³-hybridized carbons (Fsp3) is 0.118. The molecule has 408 valence electrons. The molecule has 8 nitrogen and oxygen atoms in total. The number of carbonyl (C=O) groups excluding carboxylic acids is 1. The van der Waals surface area contributed by atoms with E-state index in [4.69, 9.17) is 14.7 Å². The lowest BCUT2D eigenvalue weighted by molar-refractivity contribution is 0.0842. The van der Waals surface area contributed by atoms with Crippen LogP contribution in [0.2, 0.25) is 0 Å². The third-order valence-electron chi connectivity index (χ3n) is 17.6. The highest BCUT2D eigenvalue weighted by Gasteiger charge is 2.58. The number of hydrogen-bond donors (Lipinski definition) is 0. The lowest BCUT2D eigenvalue weighted by atomic mass is 9.77. The summed E-state index contributed by atoms with van der Waals surface area (Å²) in [6.07, 6.45) is 5.83. The zero-order valence-corrected chi connectivity index (χ0v) is 47.9. The molecule has 0 fully saturated rings. The number of ketones is 1. The van der Waals surface area contributed by atoms with Crippen molar-refractivity contribution in [2.24, 2.45) is 9.98 Å². The number of ether oxygens (including phenoxy) is 1. The Labute approximate surface area is 490 Å². The van der Waals surface area contributed by atoms with Crippen LogP contribution in [0.5, 0.6) is 5.75 Å². The van der Waals surface area contributed by atoms with Gasteiger partial charge in [0.25, 0.3) is 0 Å². The summed E-state index contributed by atoms with van der Waals surface area (Å²) in [5.74, 6) is 0.741. The zero-order valence-electron chi connectivity index (χ0n) is 47.9. The first-order chi connectivity index (χ1) is 40.9. The molecule has 0 saturated heterocycles. The third kappa shape index (κ3) is 8.39. The van der Waals surface area contributed by atoms with E-state index in [0.29, 0.717) is 11.3 Å². The van der Waals surface area contributed by atoms with Gasteiger partial charge in [-0.2, -0.15) is 0 Å². The Morgan fingerprint density at radius 1 is 0.500 bits per heavy atom. The van der Waals surface area contributed by atoms with Crippen molar-refractivity contribution in [2.75, 3.05) is 33.7 Å². The molecule has 1 atom stereocenters. The number of allylic oxidation sites excluding steroid dienone is 2. The molecule has 11 aromatic carbocycles. The van der Waals surface area contributed by atoms with Crippen molar-refractivity contribution in [1.29, 1.82) is 0 Å². The lowest BCUT2D eigenvalue weighted by Gasteiger charge is -2.45. The number of rotatable bonds is 7. The van der Waals surface area contributed by atoms with Gasteiger partial charge >= 0.3 is 0 Å². The minimum absolute atomic E-state index is 0.0753. The van der Waals surface area contributed by atoms with Gasteiger partial charge in [-0.3, -0.25) is 14.8 Å². The number of fused-ring (bicyclic) bond motifs is 8. The van der Waals surface area contributed by atoms with Crippen molar-refractivity contribution in [3.8, 4) is 5.75 Å². The average molecular weight is 1090 g/mol. The van der Waals surface area contributed by atoms with Crippen LogP contribution in [0.3, 0.4) is 0 Å². The highest BCUT2D eigenvalue weighted by molar-refractivity contribution is 6.53. The molecule has 15 rings (SSSR count). The molecule has 0 aromatic heterocycles. The van der Waals surface area contributed by atoms with E-state index in [1.54, 1.807) is 0 Å². The predicted molar refractivity (Wildman–Crippen MR) is 350 cm³/mol. The van der Waals surface area contributed by atoms with E-state index in [1.165, 1.54) is 33.0 Å². The number of para-hydroxylation sites is 4. The molecular formula is C76H62N6O2. The van der Waals surface area contributed by atoms with Gasteiger partial charge in [-0.1, -0.05) is 196 Å².